The molecule has 0 unspecified atom stereocenters. The summed E-state index contributed by atoms with van der Waals surface area (Å²) in [4.78, 5) is 32.3. The van der Waals surface area contributed by atoms with Crippen molar-refractivity contribution in [2.75, 3.05) is 12.0 Å². The fraction of sp³-hybridized carbons (Fsp3) is 0.333. The zero-order valence-corrected chi connectivity index (χ0v) is 14.6. The largest absolute Gasteiger partial charge is 0.494 e. The lowest BCUT2D eigenvalue weighted by molar-refractivity contribution is -0.120. The number of hydrazine groups is 1. The Kier molecular flexibility index (Phi) is 6.45. The summed E-state index contributed by atoms with van der Waals surface area (Å²) >= 11 is 0. The molecule has 0 saturated heterocycles. The molecule has 0 aliphatic rings. The molecular weight excluding hydrogens is 320 g/mol. The van der Waals surface area contributed by atoms with Gasteiger partial charge in [0, 0.05) is 29.8 Å². The summed E-state index contributed by atoms with van der Waals surface area (Å²) in [6, 6.07) is 8.73. The Balaban J connectivity index is 1.79. The van der Waals surface area contributed by atoms with Gasteiger partial charge >= 0.3 is 0 Å². The van der Waals surface area contributed by atoms with Gasteiger partial charge in [-0.15, -0.1) is 0 Å². The summed E-state index contributed by atoms with van der Waals surface area (Å²) in [6.07, 6.45) is 0.193. The molecule has 0 atom stereocenters. The van der Waals surface area contributed by atoms with E-state index in [4.69, 9.17) is 4.74 Å². The van der Waals surface area contributed by atoms with E-state index in [-0.39, 0.29) is 24.5 Å². The highest BCUT2D eigenvalue weighted by atomic mass is 16.5. The number of aromatic nitrogens is 2. The minimum absolute atomic E-state index is 0.0733. The number of hydrogen-bond acceptors (Lipinski definition) is 6. The van der Waals surface area contributed by atoms with Crippen molar-refractivity contribution in [3.63, 3.8) is 0 Å². The van der Waals surface area contributed by atoms with Gasteiger partial charge in [0.1, 0.15) is 5.75 Å². The maximum atomic E-state index is 12.1. The third-order valence-corrected chi connectivity index (χ3v) is 3.36. The Morgan fingerprint density at radius 1 is 1.04 bits per heavy atom. The zero-order chi connectivity index (χ0) is 18.2. The SMILES string of the molecule is CCOc1ccc(C(=O)CCC(=O)NNc2nc(C)cc(C)n2)cc1. The number of ether oxygens (including phenoxy) is 1. The summed E-state index contributed by atoms with van der Waals surface area (Å²) in [7, 11) is 0. The molecule has 2 aromatic rings. The second-order valence-corrected chi connectivity index (χ2v) is 5.53. The first-order valence-electron chi connectivity index (χ1n) is 8.11. The number of ketones is 1. The second-order valence-electron chi connectivity index (χ2n) is 5.53. The molecule has 0 spiro atoms. The first-order valence-corrected chi connectivity index (χ1v) is 8.11. The van der Waals surface area contributed by atoms with Crippen molar-refractivity contribution in [3.8, 4) is 5.75 Å². The third kappa shape index (κ3) is 5.87. The number of nitrogens with one attached hydrogen (secondary N) is 2. The maximum absolute atomic E-state index is 12.1. The van der Waals surface area contributed by atoms with Crippen LogP contribution in [0.15, 0.2) is 30.3 Å². The number of anilines is 1. The standard InChI is InChI=1S/C18H22N4O3/c1-4-25-15-7-5-14(6-8-15)16(23)9-10-17(24)21-22-18-19-12(2)11-13(3)20-18/h5-8,11H,4,9-10H2,1-3H3,(H,21,24)(H,19,20,22). The van der Waals surface area contributed by atoms with Crippen LogP contribution >= 0.6 is 0 Å². The van der Waals surface area contributed by atoms with Crippen LogP contribution in [0, 0.1) is 13.8 Å². The fourth-order valence-electron chi connectivity index (χ4n) is 2.25. The minimum atomic E-state index is -0.304. The number of benzene rings is 1. The van der Waals surface area contributed by atoms with Crippen LogP contribution in [-0.4, -0.2) is 28.3 Å². The Hall–Kier alpha value is -2.96. The highest BCUT2D eigenvalue weighted by molar-refractivity contribution is 5.98. The lowest BCUT2D eigenvalue weighted by Gasteiger charge is -2.08. The lowest BCUT2D eigenvalue weighted by atomic mass is 10.1. The quantitative estimate of drug-likeness (QED) is 0.566. The summed E-state index contributed by atoms with van der Waals surface area (Å²) in [5.74, 6) is 0.640. The lowest BCUT2D eigenvalue weighted by Crippen LogP contribution is -2.30. The molecule has 1 aromatic carbocycles. The first-order chi connectivity index (χ1) is 12.0. The van der Waals surface area contributed by atoms with Crippen molar-refractivity contribution >= 4 is 17.6 Å². The van der Waals surface area contributed by atoms with Crippen LogP contribution in [0.2, 0.25) is 0 Å². The molecule has 0 bridgehead atoms. The van der Waals surface area contributed by atoms with E-state index >= 15 is 0 Å². The number of carbonyl (C=O) groups excluding carboxylic acids is 2. The average Bonchev–Trinajstić information content (AvgIpc) is 2.58. The molecule has 7 nitrogen and oxygen atoms in total. The molecule has 0 aliphatic carbocycles. The van der Waals surface area contributed by atoms with Crippen LogP contribution in [0.3, 0.4) is 0 Å². The monoisotopic (exact) mass is 342 g/mol. The number of rotatable bonds is 8. The topological polar surface area (TPSA) is 93.2 Å². The predicted octanol–water partition coefficient (Wildman–Crippen LogP) is 2.60. The van der Waals surface area contributed by atoms with E-state index in [1.165, 1.54) is 0 Å². The Morgan fingerprint density at radius 2 is 1.68 bits per heavy atom. The molecule has 0 aliphatic heterocycles. The summed E-state index contributed by atoms with van der Waals surface area (Å²) in [5.41, 5.74) is 7.32. The normalized spacial score (nSPS) is 10.2. The second kappa shape index (κ2) is 8.77. The zero-order valence-electron chi connectivity index (χ0n) is 14.6. The van der Waals surface area contributed by atoms with Crippen LogP contribution in [0.5, 0.6) is 5.75 Å². The molecule has 1 aromatic heterocycles. The first kappa shape index (κ1) is 18.4. The van der Waals surface area contributed by atoms with Crippen molar-refractivity contribution in [1.29, 1.82) is 0 Å². The average molecular weight is 342 g/mol. The van der Waals surface area contributed by atoms with Crippen molar-refractivity contribution in [1.82, 2.24) is 15.4 Å². The van der Waals surface area contributed by atoms with Gasteiger partial charge < -0.3 is 4.74 Å². The van der Waals surface area contributed by atoms with Gasteiger partial charge in [-0.2, -0.15) is 0 Å². The molecule has 25 heavy (non-hydrogen) atoms. The molecule has 1 amide bonds. The number of amides is 1. The molecule has 2 N–H and O–H groups in total. The molecular formula is C18H22N4O3. The van der Waals surface area contributed by atoms with E-state index in [9.17, 15) is 9.59 Å². The molecule has 1 heterocycles. The van der Waals surface area contributed by atoms with Crippen LogP contribution in [-0.2, 0) is 4.79 Å². The number of aryl methyl sites for hydroxylation is 2. The van der Waals surface area contributed by atoms with Gasteiger partial charge in [-0.3, -0.25) is 20.4 Å². The summed E-state index contributed by atoms with van der Waals surface area (Å²) in [6.45, 7) is 6.16. The maximum Gasteiger partial charge on any atom is 0.242 e. The van der Waals surface area contributed by atoms with E-state index in [2.05, 4.69) is 20.8 Å². The molecule has 7 heteroatoms. The molecule has 0 radical (unpaired) electrons. The highest BCUT2D eigenvalue weighted by Crippen LogP contribution is 2.14. The van der Waals surface area contributed by atoms with E-state index in [0.717, 1.165) is 17.1 Å². The third-order valence-electron chi connectivity index (χ3n) is 3.36. The number of Topliss-reactive ketones (excluding diaryl/α,β-unsaturated/α-hetero) is 1. The van der Waals surface area contributed by atoms with Gasteiger partial charge in [0.05, 0.1) is 6.61 Å². The van der Waals surface area contributed by atoms with E-state index in [1.54, 1.807) is 24.3 Å². The number of carbonyl (C=O) groups is 2. The van der Waals surface area contributed by atoms with Crippen molar-refractivity contribution in [3.05, 3.63) is 47.3 Å². The predicted molar refractivity (Wildman–Crippen MR) is 94.4 cm³/mol. The number of hydrogen-bond donors (Lipinski definition) is 2. The highest BCUT2D eigenvalue weighted by Gasteiger charge is 2.10. The summed E-state index contributed by atoms with van der Waals surface area (Å²) in [5, 5.41) is 0. The Labute approximate surface area is 146 Å². The van der Waals surface area contributed by atoms with E-state index in [1.807, 2.05) is 26.8 Å². The smallest absolute Gasteiger partial charge is 0.242 e. The Morgan fingerprint density at radius 3 is 2.28 bits per heavy atom. The molecule has 2 rings (SSSR count). The van der Waals surface area contributed by atoms with Crippen LogP contribution < -0.4 is 15.6 Å². The van der Waals surface area contributed by atoms with Gasteiger partial charge in [-0.25, -0.2) is 9.97 Å². The van der Waals surface area contributed by atoms with Crippen molar-refractivity contribution < 1.29 is 14.3 Å². The van der Waals surface area contributed by atoms with Crippen LogP contribution in [0.4, 0.5) is 5.95 Å². The van der Waals surface area contributed by atoms with Gasteiger partial charge in [0.15, 0.2) is 5.78 Å². The van der Waals surface area contributed by atoms with Crippen LogP contribution in [0.25, 0.3) is 0 Å². The minimum Gasteiger partial charge on any atom is -0.494 e. The van der Waals surface area contributed by atoms with Crippen molar-refractivity contribution in [2.45, 2.75) is 33.6 Å². The van der Waals surface area contributed by atoms with Crippen LogP contribution in [0.1, 0.15) is 41.5 Å². The number of nitrogens with zero attached hydrogens (tertiary/aromatic N) is 2. The van der Waals surface area contributed by atoms with Gasteiger partial charge in [-0.1, -0.05) is 0 Å². The van der Waals surface area contributed by atoms with Gasteiger partial charge in [-0.05, 0) is 51.1 Å². The van der Waals surface area contributed by atoms with Gasteiger partial charge in [0.2, 0.25) is 11.9 Å². The molecule has 132 valence electrons. The molecule has 0 saturated carbocycles. The van der Waals surface area contributed by atoms with Crippen molar-refractivity contribution in [2.24, 2.45) is 0 Å². The van der Waals surface area contributed by atoms with Gasteiger partial charge in [0.25, 0.3) is 0 Å². The summed E-state index contributed by atoms with van der Waals surface area (Å²) < 4.78 is 5.33. The van der Waals surface area contributed by atoms with E-state index in [0.29, 0.717) is 18.1 Å². The molecule has 0 fully saturated rings. The Bertz CT molecular complexity index is 724. The van der Waals surface area contributed by atoms with E-state index < -0.39 is 0 Å². The fourth-order valence-corrected chi connectivity index (χ4v) is 2.25.